The quantitative estimate of drug-likeness (QED) is 0.160. The van der Waals surface area contributed by atoms with Crippen LogP contribution in [0.25, 0.3) is 42.4 Å². The van der Waals surface area contributed by atoms with E-state index in [0.29, 0.717) is 0 Å². The number of rotatable bonds is 2. The first-order valence-corrected chi connectivity index (χ1v) is 25.6. The summed E-state index contributed by atoms with van der Waals surface area (Å²) < 4.78 is 2.80. The third-order valence-corrected chi connectivity index (χ3v) is 18.9. The van der Waals surface area contributed by atoms with Crippen LogP contribution in [0.2, 0.25) is 0 Å². The van der Waals surface area contributed by atoms with Crippen LogP contribution in [0, 0.1) is 6.92 Å². The highest BCUT2D eigenvalue weighted by molar-refractivity contribution is 7.26. The molecule has 2 unspecified atom stereocenters. The Kier molecular flexibility index (Phi) is 8.46. The molecule has 0 spiro atoms. The number of aryl methyl sites for hydroxylation is 1. The Labute approximate surface area is 393 Å². The van der Waals surface area contributed by atoms with Crippen molar-refractivity contribution < 1.29 is 0 Å². The maximum atomic E-state index is 3.02. The van der Waals surface area contributed by atoms with Crippen molar-refractivity contribution in [3.8, 4) is 22.3 Å². The first-order chi connectivity index (χ1) is 30.6. The van der Waals surface area contributed by atoms with Gasteiger partial charge in [-0.2, -0.15) is 0 Å². The Morgan fingerprint density at radius 3 is 1.91 bits per heavy atom. The normalized spacial score (nSPS) is 22.4. The van der Waals surface area contributed by atoms with E-state index in [1.54, 1.807) is 16.7 Å². The molecule has 4 heterocycles. The summed E-state index contributed by atoms with van der Waals surface area (Å²) in [7, 11) is 0. The lowest BCUT2D eigenvalue weighted by Crippen LogP contribution is -2.70. The fraction of sp³-hybridized carbons (Fsp3) is 0.410. The highest BCUT2D eigenvalue weighted by atomic mass is 32.1. The zero-order chi connectivity index (χ0) is 45.5. The molecule has 5 aliphatic rings. The van der Waals surface area contributed by atoms with Crippen molar-refractivity contribution >= 4 is 72.0 Å². The fourth-order valence-corrected chi connectivity index (χ4v) is 14.7. The zero-order valence-corrected chi connectivity index (χ0v) is 42.2. The zero-order valence-electron chi connectivity index (χ0n) is 41.4. The summed E-state index contributed by atoms with van der Waals surface area (Å²) in [6.45, 7) is 31.9. The van der Waals surface area contributed by atoms with Gasteiger partial charge in [0.25, 0.3) is 0 Å². The van der Waals surface area contributed by atoms with Crippen molar-refractivity contribution in [1.82, 2.24) is 0 Å². The smallest absolute Gasteiger partial charge is 0.328 e. The molecule has 7 aromatic rings. The Morgan fingerprint density at radius 1 is 0.554 bits per heavy atom. The molecular formula is C61H67BN2S. The summed E-state index contributed by atoms with van der Waals surface area (Å²) in [6.07, 6.45) is 7.41. The van der Waals surface area contributed by atoms with E-state index >= 15 is 0 Å². The van der Waals surface area contributed by atoms with Crippen LogP contribution < -0.4 is 20.6 Å². The average Bonchev–Trinajstić information content (AvgIpc) is 3.71. The standard InChI is InChI=1S/C61H67BN2S/c1-36-27-43-44-30-39(57(5,6)7)31-47-55(44)64(61(13)24-18-17-23-60(47,61)12)62-48-33-42-41-32-45-46(59(10,11)26-25-58(45,8)9)34-52(41)65-53(42)35-50(48)63(51(28-36)54(43)62)49-22-21-38(56(2,3)4)29-40(49)37-19-15-14-16-20-37/h14-16,19-22,27-35H,17-18,23-26H2,1-13H3. The van der Waals surface area contributed by atoms with Crippen LogP contribution in [-0.4, -0.2) is 12.4 Å². The molecule has 12 rings (SSSR count). The summed E-state index contributed by atoms with van der Waals surface area (Å²) in [5.74, 6) is 0. The molecule has 6 aromatic carbocycles. The number of hydrogen-bond acceptors (Lipinski definition) is 3. The van der Waals surface area contributed by atoms with E-state index in [0.717, 1.165) is 0 Å². The van der Waals surface area contributed by atoms with E-state index in [1.165, 1.54) is 131 Å². The van der Waals surface area contributed by atoms with Gasteiger partial charge in [0.2, 0.25) is 0 Å². The van der Waals surface area contributed by atoms with Crippen molar-refractivity contribution in [3.05, 3.63) is 130 Å². The molecular weight excluding hydrogens is 804 g/mol. The van der Waals surface area contributed by atoms with E-state index in [9.17, 15) is 0 Å². The van der Waals surface area contributed by atoms with Gasteiger partial charge in [0, 0.05) is 59.3 Å². The van der Waals surface area contributed by atoms with Gasteiger partial charge in [0.05, 0.1) is 5.69 Å². The average molecular weight is 871 g/mol. The maximum Gasteiger partial charge on any atom is 0.328 e. The molecule has 65 heavy (non-hydrogen) atoms. The Bertz CT molecular complexity index is 3190. The fourth-order valence-electron chi connectivity index (χ4n) is 13.6. The Balaban J connectivity index is 1.23. The molecule has 1 fully saturated rings. The van der Waals surface area contributed by atoms with Crippen LogP contribution in [0.5, 0.6) is 0 Å². The van der Waals surface area contributed by atoms with Gasteiger partial charge >= 0.3 is 6.85 Å². The van der Waals surface area contributed by atoms with Crippen molar-refractivity contribution in [1.29, 1.82) is 0 Å². The maximum absolute atomic E-state index is 3.02. The van der Waals surface area contributed by atoms with Gasteiger partial charge < -0.3 is 9.71 Å². The molecule has 1 saturated carbocycles. The molecule has 0 saturated heterocycles. The SMILES string of the molecule is Cc1cc2c3c(c1)N(c1ccc(C(C)(C)C)cc1-c1ccccc1)c1cc4sc5cc6c(cc5c4cc1B3N1c3c-2cc(C(C)(C)C)cc3C2(C)CCCCC12C)C(C)(C)CCC6(C)C. The van der Waals surface area contributed by atoms with Gasteiger partial charge in [0.1, 0.15) is 0 Å². The minimum Gasteiger partial charge on any atom is -0.400 e. The van der Waals surface area contributed by atoms with E-state index in [4.69, 9.17) is 0 Å². The minimum absolute atomic E-state index is 0.00498. The summed E-state index contributed by atoms with van der Waals surface area (Å²) in [5.41, 5.74) is 22.8. The largest absolute Gasteiger partial charge is 0.400 e. The lowest BCUT2D eigenvalue weighted by molar-refractivity contribution is 0.199. The van der Waals surface area contributed by atoms with Crippen LogP contribution in [-0.2, 0) is 27.1 Å². The first kappa shape index (κ1) is 41.6. The summed E-state index contributed by atoms with van der Waals surface area (Å²) in [4.78, 5) is 5.74. The predicted molar refractivity (Wildman–Crippen MR) is 284 cm³/mol. The highest BCUT2D eigenvalue weighted by Crippen LogP contribution is 2.64. The van der Waals surface area contributed by atoms with Gasteiger partial charge in [-0.3, -0.25) is 0 Å². The van der Waals surface area contributed by atoms with Crippen LogP contribution in [0.15, 0.2) is 97.1 Å². The van der Waals surface area contributed by atoms with Gasteiger partial charge in [0.15, 0.2) is 0 Å². The van der Waals surface area contributed by atoms with Gasteiger partial charge in [-0.15, -0.1) is 11.3 Å². The van der Waals surface area contributed by atoms with Crippen molar-refractivity contribution in [2.24, 2.45) is 0 Å². The number of nitrogens with zero attached hydrogens (tertiary/aromatic N) is 2. The summed E-state index contributed by atoms with van der Waals surface area (Å²) in [6, 6.07) is 39.5. The predicted octanol–water partition coefficient (Wildman–Crippen LogP) is 16.0. The van der Waals surface area contributed by atoms with Crippen molar-refractivity contribution in [2.75, 3.05) is 9.71 Å². The number of hydrogen-bond donors (Lipinski definition) is 0. The molecule has 4 heteroatoms. The molecule has 3 aliphatic heterocycles. The summed E-state index contributed by atoms with van der Waals surface area (Å²) >= 11 is 2.01. The number of anilines is 4. The topological polar surface area (TPSA) is 6.48 Å². The molecule has 1 aromatic heterocycles. The molecule has 330 valence electrons. The molecule has 2 atom stereocenters. The van der Waals surface area contributed by atoms with Gasteiger partial charge in [-0.1, -0.05) is 144 Å². The monoisotopic (exact) mass is 871 g/mol. The third kappa shape index (κ3) is 5.65. The molecule has 2 aliphatic carbocycles. The van der Waals surface area contributed by atoms with Crippen molar-refractivity contribution in [3.63, 3.8) is 0 Å². The molecule has 0 radical (unpaired) electrons. The second-order valence-electron chi connectivity index (χ2n) is 24.9. The van der Waals surface area contributed by atoms with Crippen LogP contribution in [0.3, 0.4) is 0 Å². The second kappa shape index (κ2) is 13.2. The molecule has 0 N–H and O–H groups in total. The molecule has 0 bridgehead atoms. The lowest BCUT2D eigenvalue weighted by atomic mass is 9.42. The summed E-state index contributed by atoms with van der Waals surface area (Å²) in [5, 5.41) is 2.85. The second-order valence-corrected chi connectivity index (χ2v) is 25.9. The van der Waals surface area contributed by atoms with E-state index in [-0.39, 0.29) is 39.5 Å². The van der Waals surface area contributed by atoms with Crippen LogP contribution in [0.1, 0.15) is 155 Å². The first-order valence-electron chi connectivity index (χ1n) is 24.8. The van der Waals surface area contributed by atoms with E-state index in [2.05, 4.69) is 197 Å². The number of benzene rings is 6. The van der Waals surface area contributed by atoms with Crippen LogP contribution in [0.4, 0.5) is 22.7 Å². The Hall–Kier alpha value is -4.80. The Morgan fingerprint density at radius 2 is 1.20 bits per heavy atom. The highest BCUT2D eigenvalue weighted by Gasteiger charge is 2.63. The third-order valence-electron chi connectivity index (χ3n) is 17.8. The van der Waals surface area contributed by atoms with Crippen LogP contribution >= 0.6 is 11.3 Å². The van der Waals surface area contributed by atoms with Gasteiger partial charge in [-0.25, -0.2) is 0 Å². The minimum atomic E-state index is -0.0489. The number of fused-ring (bicyclic) bond motifs is 11. The van der Waals surface area contributed by atoms with E-state index in [1.807, 2.05) is 11.3 Å². The number of thiophene rings is 1. The van der Waals surface area contributed by atoms with Gasteiger partial charge in [-0.05, 0) is 159 Å². The molecule has 2 nitrogen and oxygen atoms in total. The molecule has 0 amide bonds. The van der Waals surface area contributed by atoms with E-state index < -0.39 is 0 Å². The lowest BCUT2D eigenvalue weighted by Gasteiger charge is -2.55. The van der Waals surface area contributed by atoms with Crippen molar-refractivity contribution in [2.45, 2.75) is 161 Å².